The number of ether oxygens (including phenoxy) is 2. The predicted molar refractivity (Wildman–Crippen MR) is 63.1 cm³/mol. The second-order valence-corrected chi connectivity index (χ2v) is 4.08. The van der Waals surface area contributed by atoms with Crippen LogP contribution in [0.3, 0.4) is 0 Å². The quantitative estimate of drug-likeness (QED) is 0.579. The van der Waals surface area contributed by atoms with Crippen LogP contribution in [0.4, 0.5) is 0 Å². The van der Waals surface area contributed by atoms with Gasteiger partial charge < -0.3 is 15.2 Å². The molecule has 1 atom stereocenters. The highest BCUT2D eigenvalue weighted by atomic mass is 16.5. The van der Waals surface area contributed by atoms with Crippen molar-refractivity contribution in [1.82, 2.24) is 4.90 Å². The zero-order valence-corrected chi connectivity index (χ0v) is 10.6. The average Bonchev–Trinajstić information content (AvgIpc) is 2.27. The number of nitrogens with two attached hydrogens (primary N) is 1. The molecule has 0 fully saturated rings. The van der Waals surface area contributed by atoms with E-state index in [-0.39, 0.29) is 5.54 Å². The number of likely N-dealkylation sites (N-methyl/N-ethyl adjacent to an activating group) is 1. The van der Waals surface area contributed by atoms with Gasteiger partial charge in [-0.15, -0.1) is 0 Å². The van der Waals surface area contributed by atoms with E-state index in [2.05, 4.69) is 25.8 Å². The maximum Gasteiger partial charge on any atom is 0.0700 e. The van der Waals surface area contributed by atoms with Crippen LogP contribution in [0.5, 0.6) is 0 Å². The highest BCUT2D eigenvalue weighted by Crippen LogP contribution is 2.15. The Balaban J connectivity index is 3.67. The molecule has 0 amide bonds. The van der Waals surface area contributed by atoms with E-state index in [1.807, 2.05) is 0 Å². The summed E-state index contributed by atoms with van der Waals surface area (Å²) in [6, 6.07) is 0. The third-order valence-electron chi connectivity index (χ3n) is 3.13. The fourth-order valence-corrected chi connectivity index (χ4v) is 1.29. The molecule has 0 saturated carbocycles. The molecular formula is C11H26N2O2. The average molecular weight is 218 g/mol. The molecule has 0 aliphatic rings. The van der Waals surface area contributed by atoms with Gasteiger partial charge in [-0.1, -0.05) is 6.92 Å². The molecule has 0 aromatic heterocycles. The van der Waals surface area contributed by atoms with Gasteiger partial charge in [0.05, 0.1) is 19.8 Å². The van der Waals surface area contributed by atoms with E-state index in [1.165, 1.54) is 0 Å². The molecule has 0 radical (unpaired) electrons. The smallest absolute Gasteiger partial charge is 0.0700 e. The van der Waals surface area contributed by atoms with Crippen molar-refractivity contribution < 1.29 is 9.47 Å². The summed E-state index contributed by atoms with van der Waals surface area (Å²) >= 11 is 0. The lowest BCUT2D eigenvalue weighted by Gasteiger charge is -2.37. The Labute approximate surface area is 93.7 Å². The third-order valence-corrected chi connectivity index (χ3v) is 3.13. The van der Waals surface area contributed by atoms with E-state index in [0.29, 0.717) is 19.8 Å². The Morgan fingerprint density at radius 1 is 1.27 bits per heavy atom. The molecule has 2 N–H and O–H groups in total. The van der Waals surface area contributed by atoms with Crippen LogP contribution in [0.25, 0.3) is 0 Å². The van der Waals surface area contributed by atoms with Gasteiger partial charge in [0.2, 0.25) is 0 Å². The molecule has 0 aliphatic heterocycles. The summed E-state index contributed by atoms with van der Waals surface area (Å²) in [5, 5.41) is 0. The lowest BCUT2D eigenvalue weighted by Crippen LogP contribution is -2.50. The van der Waals surface area contributed by atoms with Crippen molar-refractivity contribution in [2.75, 3.05) is 47.1 Å². The second-order valence-electron chi connectivity index (χ2n) is 4.08. The Hall–Kier alpha value is -0.160. The van der Waals surface area contributed by atoms with Crippen LogP contribution in [-0.4, -0.2) is 57.5 Å². The number of hydrogen-bond acceptors (Lipinski definition) is 4. The van der Waals surface area contributed by atoms with Gasteiger partial charge in [0, 0.05) is 25.7 Å². The van der Waals surface area contributed by atoms with Crippen molar-refractivity contribution in [3.63, 3.8) is 0 Å². The van der Waals surface area contributed by atoms with Crippen LogP contribution in [0.2, 0.25) is 0 Å². The van der Waals surface area contributed by atoms with Crippen LogP contribution in [0, 0.1) is 0 Å². The molecule has 1 unspecified atom stereocenters. The Kier molecular flexibility index (Phi) is 7.96. The lowest BCUT2D eigenvalue weighted by atomic mass is 9.97. The van der Waals surface area contributed by atoms with Crippen molar-refractivity contribution in [3.05, 3.63) is 0 Å². The summed E-state index contributed by atoms with van der Waals surface area (Å²) in [6.07, 6.45) is 1.05. The van der Waals surface area contributed by atoms with Crippen LogP contribution in [-0.2, 0) is 9.47 Å². The molecule has 0 aliphatic carbocycles. The molecule has 0 aromatic rings. The Morgan fingerprint density at radius 3 is 2.40 bits per heavy atom. The van der Waals surface area contributed by atoms with Gasteiger partial charge in [0.1, 0.15) is 0 Å². The van der Waals surface area contributed by atoms with Crippen molar-refractivity contribution >= 4 is 0 Å². The molecule has 0 heterocycles. The fraction of sp³-hybridized carbons (Fsp3) is 1.00. The second kappa shape index (κ2) is 8.05. The summed E-state index contributed by atoms with van der Waals surface area (Å²) in [4.78, 5) is 2.26. The van der Waals surface area contributed by atoms with Crippen molar-refractivity contribution in [1.29, 1.82) is 0 Å². The van der Waals surface area contributed by atoms with Gasteiger partial charge in [0.25, 0.3) is 0 Å². The number of methoxy groups -OCH3 is 1. The van der Waals surface area contributed by atoms with Crippen LogP contribution in [0.15, 0.2) is 0 Å². The SMILES string of the molecule is CCC(C)(CN)N(C)CCOCCOC. The Morgan fingerprint density at radius 2 is 1.93 bits per heavy atom. The van der Waals surface area contributed by atoms with Gasteiger partial charge in [-0.25, -0.2) is 0 Å². The van der Waals surface area contributed by atoms with Gasteiger partial charge in [0.15, 0.2) is 0 Å². The number of nitrogens with zero attached hydrogens (tertiary/aromatic N) is 1. The third kappa shape index (κ3) is 5.47. The minimum atomic E-state index is 0.0879. The highest BCUT2D eigenvalue weighted by Gasteiger charge is 2.24. The first kappa shape index (κ1) is 14.8. The summed E-state index contributed by atoms with van der Waals surface area (Å²) in [6.45, 7) is 7.98. The summed E-state index contributed by atoms with van der Waals surface area (Å²) in [7, 11) is 3.77. The first-order chi connectivity index (χ1) is 7.10. The van der Waals surface area contributed by atoms with E-state index >= 15 is 0 Å². The number of rotatable bonds is 9. The van der Waals surface area contributed by atoms with E-state index in [0.717, 1.165) is 19.6 Å². The molecule has 4 nitrogen and oxygen atoms in total. The predicted octanol–water partition coefficient (Wildman–Crippen LogP) is 0.709. The van der Waals surface area contributed by atoms with Crippen LogP contribution in [0.1, 0.15) is 20.3 Å². The topological polar surface area (TPSA) is 47.7 Å². The standard InChI is InChI=1S/C11H26N2O2/c1-5-11(2,10-12)13(3)6-7-15-9-8-14-4/h5-10,12H2,1-4H3. The summed E-state index contributed by atoms with van der Waals surface area (Å²) in [5.41, 5.74) is 5.86. The molecule has 4 heteroatoms. The maximum atomic E-state index is 5.77. The van der Waals surface area contributed by atoms with Crippen LogP contribution >= 0.6 is 0 Å². The number of hydrogen-bond donors (Lipinski definition) is 1. The first-order valence-electron chi connectivity index (χ1n) is 5.58. The first-order valence-corrected chi connectivity index (χ1v) is 5.58. The molecule has 0 aromatic carbocycles. The molecule has 0 rings (SSSR count). The van der Waals surface area contributed by atoms with E-state index in [9.17, 15) is 0 Å². The minimum Gasteiger partial charge on any atom is -0.382 e. The normalized spacial score (nSPS) is 15.6. The lowest BCUT2D eigenvalue weighted by molar-refractivity contribution is 0.0410. The molecule has 15 heavy (non-hydrogen) atoms. The van der Waals surface area contributed by atoms with E-state index < -0.39 is 0 Å². The molecule has 0 bridgehead atoms. The van der Waals surface area contributed by atoms with Gasteiger partial charge in [-0.05, 0) is 20.4 Å². The van der Waals surface area contributed by atoms with Gasteiger partial charge in [-0.2, -0.15) is 0 Å². The molecule has 0 saturated heterocycles. The summed E-state index contributed by atoms with van der Waals surface area (Å²) < 4.78 is 10.3. The highest BCUT2D eigenvalue weighted by molar-refractivity contribution is 4.83. The van der Waals surface area contributed by atoms with E-state index in [4.69, 9.17) is 15.2 Å². The van der Waals surface area contributed by atoms with Crippen molar-refractivity contribution in [2.45, 2.75) is 25.8 Å². The molecular weight excluding hydrogens is 192 g/mol. The van der Waals surface area contributed by atoms with E-state index in [1.54, 1.807) is 7.11 Å². The van der Waals surface area contributed by atoms with Crippen LogP contribution < -0.4 is 5.73 Å². The zero-order chi connectivity index (χ0) is 11.7. The summed E-state index contributed by atoms with van der Waals surface area (Å²) in [5.74, 6) is 0. The maximum absolute atomic E-state index is 5.77. The fourth-order valence-electron chi connectivity index (χ4n) is 1.29. The van der Waals surface area contributed by atoms with Crippen molar-refractivity contribution in [2.24, 2.45) is 5.73 Å². The van der Waals surface area contributed by atoms with Gasteiger partial charge in [-0.3, -0.25) is 4.90 Å². The zero-order valence-electron chi connectivity index (χ0n) is 10.6. The monoisotopic (exact) mass is 218 g/mol. The molecule has 92 valence electrons. The molecule has 0 spiro atoms. The minimum absolute atomic E-state index is 0.0879. The van der Waals surface area contributed by atoms with Crippen molar-refractivity contribution in [3.8, 4) is 0 Å². The largest absolute Gasteiger partial charge is 0.382 e. The van der Waals surface area contributed by atoms with Gasteiger partial charge >= 0.3 is 0 Å². The Bertz CT molecular complexity index is 150.